The fourth-order valence-electron chi connectivity index (χ4n) is 1.68. The van der Waals surface area contributed by atoms with Gasteiger partial charge in [0.1, 0.15) is 5.15 Å². The Bertz CT molecular complexity index is 877. The van der Waals surface area contributed by atoms with Crippen molar-refractivity contribution in [3.63, 3.8) is 0 Å². The van der Waals surface area contributed by atoms with Crippen LogP contribution in [0.5, 0.6) is 0 Å². The number of benzene rings is 1. The molecule has 0 unspecified atom stereocenters. The van der Waals surface area contributed by atoms with Gasteiger partial charge in [0.2, 0.25) is 0 Å². The van der Waals surface area contributed by atoms with Gasteiger partial charge >= 0.3 is 0 Å². The summed E-state index contributed by atoms with van der Waals surface area (Å²) in [6.45, 7) is 0. The maximum absolute atomic E-state index is 12.2. The van der Waals surface area contributed by atoms with Crippen molar-refractivity contribution in [2.24, 2.45) is 0 Å². The van der Waals surface area contributed by atoms with Gasteiger partial charge in [0, 0.05) is 6.20 Å². The number of hydrogen-bond acceptors (Lipinski definition) is 5. The van der Waals surface area contributed by atoms with Gasteiger partial charge in [0.25, 0.3) is 10.0 Å². The molecule has 8 heteroatoms. The van der Waals surface area contributed by atoms with Crippen LogP contribution in [0.3, 0.4) is 0 Å². The number of nitrogens with zero attached hydrogens (tertiary/aromatic N) is 2. The van der Waals surface area contributed by atoms with Gasteiger partial charge in [-0.15, -0.1) is 11.3 Å². The summed E-state index contributed by atoms with van der Waals surface area (Å²) < 4.78 is 27.9. The monoisotopic (exact) mass is 325 g/mol. The number of halogens is 1. The molecule has 3 aromatic rings. The molecule has 2 heterocycles. The van der Waals surface area contributed by atoms with Gasteiger partial charge in [-0.05, 0) is 30.3 Å². The Morgan fingerprint density at radius 2 is 2.00 bits per heavy atom. The van der Waals surface area contributed by atoms with Crippen molar-refractivity contribution in [3.8, 4) is 0 Å². The van der Waals surface area contributed by atoms with E-state index in [0.29, 0.717) is 5.69 Å². The molecule has 0 aliphatic rings. The maximum Gasteiger partial charge on any atom is 0.262 e. The summed E-state index contributed by atoms with van der Waals surface area (Å²) in [4.78, 5) is 7.97. The number of pyridine rings is 1. The third kappa shape index (κ3) is 2.60. The Morgan fingerprint density at radius 1 is 1.15 bits per heavy atom. The van der Waals surface area contributed by atoms with E-state index >= 15 is 0 Å². The highest BCUT2D eigenvalue weighted by Gasteiger charge is 2.15. The van der Waals surface area contributed by atoms with Gasteiger partial charge in [-0.25, -0.2) is 18.4 Å². The van der Waals surface area contributed by atoms with E-state index in [1.165, 1.54) is 29.7 Å². The van der Waals surface area contributed by atoms with Crippen LogP contribution in [0.1, 0.15) is 0 Å². The fourth-order valence-corrected chi connectivity index (χ4v) is 3.70. The third-order valence-corrected chi connectivity index (χ3v) is 4.97. The molecular weight excluding hydrogens is 318 g/mol. The average Bonchev–Trinajstić information content (AvgIpc) is 2.85. The lowest BCUT2D eigenvalue weighted by atomic mass is 10.3. The number of thiazole rings is 1. The van der Waals surface area contributed by atoms with E-state index in [2.05, 4.69) is 14.7 Å². The van der Waals surface area contributed by atoms with E-state index in [9.17, 15) is 8.42 Å². The number of fused-ring (bicyclic) bond motifs is 1. The molecule has 0 saturated heterocycles. The molecule has 0 spiro atoms. The lowest BCUT2D eigenvalue weighted by molar-refractivity contribution is 0.601. The zero-order valence-corrected chi connectivity index (χ0v) is 12.3. The van der Waals surface area contributed by atoms with Crippen molar-refractivity contribution in [1.82, 2.24) is 9.97 Å². The van der Waals surface area contributed by atoms with Gasteiger partial charge in [-0.2, -0.15) is 0 Å². The molecule has 0 aliphatic carbocycles. The first kappa shape index (κ1) is 13.3. The highest BCUT2D eigenvalue weighted by Crippen LogP contribution is 2.24. The van der Waals surface area contributed by atoms with E-state index in [1.54, 1.807) is 23.7 Å². The van der Waals surface area contributed by atoms with Gasteiger partial charge in [-0.1, -0.05) is 11.6 Å². The molecule has 0 amide bonds. The second-order valence-electron chi connectivity index (χ2n) is 3.95. The predicted octanol–water partition coefficient (Wildman–Crippen LogP) is 3.15. The molecule has 0 aliphatic heterocycles. The molecule has 0 bridgehead atoms. The topological polar surface area (TPSA) is 72.0 Å². The van der Waals surface area contributed by atoms with Gasteiger partial charge in [-0.3, -0.25) is 4.72 Å². The maximum atomic E-state index is 12.2. The van der Waals surface area contributed by atoms with Crippen LogP contribution < -0.4 is 4.72 Å². The lowest BCUT2D eigenvalue weighted by Crippen LogP contribution is -2.12. The molecule has 1 N–H and O–H groups in total. The Hall–Kier alpha value is -1.70. The van der Waals surface area contributed by atoms with E-state index in [0.717, 1.165) is 10.2 Å². The number of aromatic nitrogens is 2. The fraction of sp³-hybridized carbons (Fsp3) is 0. The van der Waals surface area contributed by atoms with Crippen LogP contribution >= 0.6 is 22.9 Å². The van der Waals surface area contributed by atoms with Crippen LogP contribution in [0.4, 0.5) is 5.69 Å². The molecule has 5 nitrogen and oxygen atoms in total. The summed E-state index contributed by atoms with van der Waals surface area (Å²) in [7, 11) is -3.68. The minimum atomic E-state index is -3.68. The second kappa shape index (κ2) is 5.01. The summed E-state index contributed by atoms with van der Waals surface area (Å²) in [6, 6.07) is 7.87. The Morgan fingerprint density at radius 3 is 2.80 bits per heavy atom. The quantitative estimate of drug-likeness (QED) is 0.751. The minimum Gasteiger partial charge on any atom is -0.280 e. The Balaban J connectivity index is 1.96. The lowest BCUT2D eigenvalue weighted by Gasteiger charge is -2.08. The van der Waals surface area contributed by atoms with Crippen LogP contribution in [-0.2, 0) is 10.0 Å². The normalized spacial score (nSPS) is 11.7. The number of sulfonamides is 1. The highest BCUT2D eigenvalue weighted by atomic mass is 35.5. The minimum absolute atomic E-state index is 0.0712. The SMILES string of the molecule is O=S(=O)(Nc1ccc2ncsc2c1)c1ccnc(Cl)c1. The third-order valence-electron chi connectivity index (χ3n) is 2.59. The second-order valence-corrected chi connectivity index (χ2v) is 6.91. The Kier molecular flexibility index (Phi) is 3.33. The van der Waals surface area contributed by atoms with Gasteiger partial charge in [0.15, 0.2) is 0 Å². The average molecular weight is 326 g/mol. The van der Waals surface area contributed by atoms with Gasteiger partial charge < -0.3 is 0 Å². The molecule has 0 saturated carbocycles. The number of anilines is 1. The molecule has 3 rings (SSSR count). The van der Waals surface area contributed by atoms with E-state index < -0.39 is 10.0 Å². The van der Waals surface area contributed by atoms with Crippen LogP contribution in [0.15, 0.2) is 46.9 Å². The highest BCUT2D eigenvalue weighted by molar-refractivity contribution is 7.92. The zero-order valence-electron chi connectivity index (χ0n) is 9.95. The largest absolute Gasteiger partial charge is 0.280 e. The van der Waals surface area contributed by atoms with Crippen molar-refractivity contribution in [2.45, 2.75) is 4.90 Å². The van der Waals surface area contributed by atoms with Crippen LogP contribution in [0.25, 0.3) is 10.2 Å². The first-order chi connectivity index (χ1) is 9.54. The first-order valence-electron chi connectivity index (χ1n) is 5.52. The van der Waals surface area contributed by atoms with Crippen molar-refractivity contribution < 1.29 is 8.42 Å². The standard InChI is InChI=1S/C12H8ClN3O2S2/c13-12-6-9(3-4-14-12)20(17,18)16-8-1-2-10-11(5-8)19-7-15-10/h1-7,16H. The van der Waals surface area contributed by atoms with Crippen molar-refractivity contribution >= 4 is 48.9 Å². The van der Waals surface area contributed by atoms with Crippen LogP contribution in [-0.4, -0.2) is 18.4 Å². The van der Waals surface area contributed by atoms with E-state index in [-0.39, 0.29) is 10.0 Å². The number of nitrogens with one attached hydrogen (secondary N) is 1. The van der Waals surface area contributed by atoms with E-state index in [1.807, 2.05) is 0 Å². The molecular formula is C12H8ClN3O2S2. The summed E-state index contributed by atoms with van der Waals surface area (Å²) in [5.74, 6) is 0. The van der Waals surface area contributed by atoms with Crippen molar-refractivity contribution in [3.05, 3.63) is 47.2 Å². The van der Waals surface area contributed by atoms with Crippen molar-refractivity contribution in [2.75, 3.05) is 4.72 Å². The van der Waals surface area contributed by atoms with Crippen LogP contribution in [0, 0.1) is 0 Å². The molecule has 0 radical (unpaired) electrons. The smallest absolute Gasteiger partial charge is 0.262 e. The summed E-state index contributed by atoms with van der Waals surface area (Å²) >= 11 is 7.16. The van der Waals surface area contributed by atoms with Gasteiger partial charge in [0.05, 0.1) is 26.3 Å². The van der Waals surface area contributed by atoms with E-state index in [4.69, 9.17) is 11.6 Å². The first-order valence-corrected chi connectivity index (χ1v) is 8.26. The zero-order chi connectivity index (χ0) is 14.2. The molecule has 102 valence electrons. The molecule has 20 heavy (non-hydrogen) atoms. The summed E-state index contributed by atoms with van der Waals surface area (Å²) in [5, 5.41) is 0.130. The summed E-state index contributed by atoms with van der Waals surface area (Å²) in [6.07, 6.45) is 1.35. The molecule has 1 aromatic carbocycles. The molecule has 2 aromatic heterocycles. The number of hydrogen-bond donors (Lipinski definition) is 1. The number of rotatable bonds is 3. The van der Waals surface area contributed by atoms with Crippen molar-refractivity contribution in [1.29, 1.82) is 0 Å². The summed E-state index contributed by atoms with van der Waals surface area (Å²) in [5.41, 5.74) is 3.03. The predicted molar refractivity (Wildman–Crippen MR) is 79.7 cm³/mol. The Labute approximate surface area is 124 Å². The molecule has 0 atom stereocenters. The van der Waals surface area contributed by atoms with Crippen LogP contribution in [0.2, 0.25) is 5.15 Å². The molecule has 0 fully saturated rings.